The maximum Gasteiger partial charge on any atom is 0.239 e. The lowest BCUT2D eigenvalue weighted by molar-refractivity contribution is -0.126. The number of nitrogens with one attached hydrogen (secondary N) is 2. The van der Waals surface area contributed by atoms with E-state index >= 15 is 0 Å². The van der Waals surface area contributed by atoms with Gasteiger partial charge in [-0.15, -0.1) is 0 Å². The summed E-state index contributed by atoms with van der Waals surface area (Å²) >= 11 is 0. The predicted octanol–water partition coefficient (Wildman–Crippen LogP) is -1.15. The van der Waals surface area contributed by atoms with Gasteiger partial charge in [0, 0.05) is 7.11 Å². The van der Waals surface area contributed by atoms with Crippen molar-refractivity contribution in [3.05, 3.63) is 0 Å². The Morgan fingerprint density at radius 2 is 1.94 bits per heavy atom. The van der Waals surface area contributed by atoms with Crippen LogP contribution in [0.25, 0.3) is 0 Å². The molecule has 0 saturated heterocycles. The van der Waals surface area contributed by atoms with E-state index in [0.29, 0.717) is 6.61 Å². The highest BCUT2D eigenvalue weighted by Gasteiger charge is 2.15. The number of methoxy groups -OCH3 is 1. The first-order chi connectivity index (χ1) is 7.51. The molecule has 0 aliphatic carbocycles. The lowest BCUT2D eigenvalue weighted by atomic mass is 10.1. The van der Waals surface area contributed by atoms with Gasteiger partial charge in [0.15, 0.2) is 0 Å². The molecule has 1 atom stereocenters. The highest BCUT2D eigenvalue weighted by atomic mass is 16.5. The van der Waals surface area contributed by atoms with Crippen molar-refractivity contribution in [2.75, 3.05) is 26.8 Å². The Kier molecular flexibility index (Phi) is 7.49. The van der Waals surface area contributed by atoms with Crippen molar-refractivity contribution in [1.29, 1.82) is 0 Å². The fraction of sp³-hybridized carbons (Fsp3) is 0.800. The number of amides is 2. The van der Waals surface area contributed by atoms with Gasteiger partial charge < -0.3 is 21.1 Å². The number of rotatable bonds is 7. The zero-order valence-corrected chi connectivity index (χ0v) is 10.1. The molecule has 0 aliphatic rings. The summed E-state index contributed by atoms with van der Waals surface area (Å²) in [6.45, 7) is 4.26. The van der Waals surface area contributed by atoms with Crippen molar-refractivity contribution < 1.29 is 14.3 Å². The molecule has 0 aliphatic heterocycles. The van der Waals surface area contributed by atoms with E-state index in [0.717, 1.165) is 0 Å². The van der Waals surface area contributed by atoms with Crippen molar-refractivity contribution in [1.82, 2.24) is 10.6 Å². The monoisotopic (exact) mass is 231 g/mol. The number of carbonyl (C=O) groups excluding carboxylic acids is 2. The molecule has 6 heteroatoms. The molecule has 0 rings (SSSR count). The first-order valence-electron chi connectivity index (χ1n) is 5.26. The topological polar surface area (TPSA) is 93.5 Å². The number of nitrogens with two attached hydrogens (primary N) is 1. The summed E-state index contributed by atoms with van der Waals surface area (Å²) in [4.78, 5) is 22.3. The molecule has 0 spiro atoms. The summed E-state index contributed by atoms with van der Waals surface area (Å²) in [6.07, 6.45) is 0. The van der Waals surface area contributed by atoms with Gasteiger partial charge >= 0.3 is 0 Å². The molecule has 2 amide bonds. The number of hydrogen-bond donors (Lipinski definition) is 3. The van der Waals surface area contributed by atoms with Gasteiger partial charge in [0.2, 0.25) is 11.8 Å². The highest BCUT2D eigenvalue weighted by Crippen LogP contribution is 2.01. The molecule has 16 heavy (non-hydrogen) atoms. The fourth-order valence-corrected chi connectivity index (χ4v) is 1.09. The van der Waals surface area contributed by atoms with E-state index in [1.165, 1.54) is 0 Å². The molecule has 0 aromatic heterocycles. The minimum Gasteiger partial charge on any atom is -0.383 e. The zero-order chi connectivity index (χ0) is 12.6. The van der Waals surface area contributed by atoms with Gasteiger partial charge in [0.25, 0.3) is 0 Å². The molecule has 0 bridgehead atoms. The van der Waals surface area contributed by atoms with Crippen molar-refractivity contribution in [2.45, 2.75) is 19.9 Å². The minimum absolute atomic E-state index is 0.0488. The Morgan fingerprint density at radius 3 is 2.38 bits per heavy atom. The van der Waals surface area contributed by atoms with Gasteiger partial charge in [-0.3, -0.25) is 9.59 Å². The number of hydrogen-bond acceptors (Lipinski definition) is 4. The summed E-state index contributed by atoms with van der Waals surface area (Å²) in [5, 5.41) is 5.18. The van der Waals surface area contributed by atoms with Crippen LogP contribution in [0.15, 0.2) is 0 Å². The smallest absolute Gasteiger partial charge is 0.239 e. The van der Waals surface area contributed by atoms with Crippen LogP contribution in [-0.2, 0) is 14.3 Å². The van der Waals surface area contributed by atoms with Crippen molar-refractivity contribution in [2.24, 2.45) is 11.7 Å². The SMILES string of the molecule is COCC(NC(=O)CNC(=O)CN)C(C)C. The van der Waals surface area contributed by atoms with Gasteiger partial charge in [0.05, 0.1) is 25.7 Å². The molecule has 0 aromatic carbocycles. The van der Waals surface area contributed by atoms with Crippen LogP contribution in [0.3, 0.4) is 0 Å². The van der Waals surface area contributed by atoms with Crippen LogP contribution in [0.5, 0.6) is 0 Å². The van der Waals surface area contributed by atoms with Crippen LogP contribution in [0.1, 0.15) is 13.8 Å². The third kappa shape index (κ3) is 6.36. The van der Waals surface area contributed by atoms with Gasteiger partial charge in [-0.25, -0.2) is 0 Å². The quantitative estimate of drug-likeness (QED) is 0.515. The fourth-order valence-electron chi connectivity index (χ4n) is 1.09. The van der Waals surface area contributed by atoms with Crippen LogP contribution >= 0.6 is 0 Å². The third-order valence-electron chi connectivity index (χ3n) is 2.13. The van der Waals surface area contributed by atoms with E-state index in [2.05, 4.69) is 10.6 Å². The molecule has 1 unspecified atom stereocenters. The molecule has 0 fully saturated rings. The normalized spacial score (nSPS) is 12.3. The first kappa shape index (κ1) is 14.9. The average molecular weight is 231 g/mol. The molecule has 0 heterocycles. The minimum atomic E-state index is -0.344. The molecule has 0 saturated carbocycles. The Bertz CT molecular complexity index is 231. The van der Waals surface area contributed by atoms with E-state index in [4.69, 9.17) is 10.5 Å². The second-order valence-corrected chi connectivity index (χ2v) is 3.85. The summed E-state index contributed by atoms with van der Waals surface area (Å²) in [7, 11) is 1.58. The highest BCUT2D eigenvalue weighted by molar-refractivity contribution is 5.85. The van der Waals surface area contributed by atoms with E-state index in [9.17, 15) is 9.59 Å². The third-order valence-corrected chi connectivity index (χ3v) is 2.13. The zero-order valence-electron chi connectivity index (χ0n) is 10.1. The lowest BCUT2D eigenvalue weighted by Gasteiger charge is -2.21. The summed E-state index contributed by atoms with van der Waals surface area (Å²) in [5.41, 5.74) is 5.09. The maximum absolute atomic E-state index is 11.4. The Morgan fingerprint density at radius 1 is 1.31 bits per heavy atom. The molecular weight excluding hydrogens is 210 g/mol. The van der Waals surface area contributed by atoms with Gasteiger partial charge in [-0.05, 0) is 5.92 Å². The molecule has 4 N–H and O–H groups in total. The van der Waals surface area contributed by atoms with E-state index in [1.807, 2.05) is 13.8 Å². The largest absolute Gasteiger partial charge is 0.383 e. The Hall–Kier alpha value is -1.14. The van der Waals surface area contributed by atoms with Gasteiger partial charge in [0.1, 0.15) is 0 Å². The van der Waals surface area contributed by atoms with Crippen LogP contribution in [-0.4, -0.2) is 44.7 Å². The molecule has 94 valence electrons. The standard InChI is InChI=1S/C10H21N3O3/c1-7(2)8(6-16-3)13-10(15)5-12-9(14)4-11/h7-8H,4-6,11H2,1-3H3,(H,12,14)(H,13,15). The second-order valence-electron chi connectivity index (χ2n) is 3.85. The lowest BCUT2D eigenvalue weighted by Crippen LogP contribution is -2.46. The average Bonchev–Trinajstić information content (AvgIpc) is 2.25. The van der Waals surface area contributed by atoms with E-state index in [1.54, 1.807) is 7.11 Å². The Labute approximate surface area is 95.9 Å². The van der Waals surface area contributed by atoms with Gasteiger partial charge in [-0.2, -0.15) is 0 Å². The van der Waals surface area contributed by atoms with Gasteiger partial charge in [-0.1, -0.05) is 13.8 Å². The van der Waals surface area contributed by atoms with Crippen LogP contribution < -0.4 is 16.4 Å². The number of ether oxygens (including phenoxy) is 1. The Balaban J connectivity index is 3.95. The summed E-state index contributed by atoms with van der Waals surface area (Å²) in [5.74, 6) is -0.311. The number of carbonyl (C=O) groups is 2. The van der Waals surface area contributed by atoms with Crippen molar-refractivity contribution >= 4 is 11.8 Å². The van der Waals surface area contributed by atoms with Crippen LogP contribution in [0.2, 0.25) is 0 Å². The van der Waals surface area contributed by atoms with Crippen molar-refractivity contribution in [3.63, 3.8) is 0 Å². The first-order valence-corrected chi connectivity index (χ1v) is 5.26. The second kappa shape index (κ2) is 8.06. The van der Waals surface area contributed by atoms with Crippen LogP contribution in [0, 0.1) is 5.92 Å². The molecule has 0 aromatic rings. The van der Waals surface area contributed by atoms with Crippen LogP contribution in [0.4, 0.5) is 0 Å². The van der Waals surface area contributed by atoms with E-state index in [-0.39, 0.29) is 36.9 Å². The molecular formula is C10H21N3O3. The summed E-state index contributed by atoms with van der Waals surface area (Å²) in [6, 6.07) is -0.0488. The summed E-state index contributed by atoms with van der Waals surface area (Å²) < 4.78 is 4.99. The molecule has 0 radical (unpaired) electrons. The maximum atomic E-state index is 11.4. The molecule has 6 nitrogen and oxygen atoms in total. The van der Waals surface area contributed by atoms with E-state index < -0.39 is 0 Å². The predicted molar refractivity (Wildman–Crippen MR) is 60.7 cm³/mol. The van der Waals surface area contributed by atoms with Crippen molar-refractivity contribution in [3.8, 4) is 0 Å².